The highest BCUT2D eigenvalue weighted by molar-refractivity contribution is 7.80. The van der Waals surface area contributed by atoms with Crippen LogP contribution in [0.4, 0.5) is 5.13 Å². The van der Waals surface area contributed by atoms with Crippen LogP contribution < -0.4 is 10.6 Å². The van der Waals surface area contributed by atoms with Crippen molar-refractivity contribution < 1.29 is 4.79 Å². The minimum absolute atomic E-state index is 0.213. The standard InChI is InChI=1S/C19H16ClN3OS2/c1-11-3-4-14(9-12(11)2)17(24)22-18(25)23-19-21-16(10-26-19)13-5-7-15(20)8-6-13/h3-10H,1-2H3,(H2,21,22,23,24,25). The third kappa shape index (κ3) is 4.46. The Labute approximate surface area is 166 Å². The summed E-state index contributed by atoms with van der Waals surface area (Å²) >= 11 is 12.5. The molecule has 1 heterocycles. The lowest BCUT2D eigenvalue weighted by molar-refractivity contribution is 0.0977. The molecule has 1 amide bonds. The number of carbonyl (C=O) groups is 1. The Kier molecular flexibility index (Phi) is 5.66. The van der Waals surface area contributed by atoms with Crippen molar-refractivity contribution in [3.63, 3.8) is 0 Å². The van der Waals surface area contributed by atoms with Crippen molar-refractivity contribution in [2.24, 2.45) is 0 Å². The highest BCUT2D eigenvalue weighted by Gasteiger charge is 2.11. The summed E-state index contributed by atoms with van der Waals surface area (Å²) < 4.78 is 0. The molecule has 0 unspecified atom stereocenters. The number of halogens is 1. The van der Waals surface area contributed by atoms with E-state index < -0.39 is 0 Å². The summed E-state index contributed by atoms with van der Waals surface area (Å²) in [4.78, 5) is 16.8. The summed E-state index contributed by atoms with van der Waals surface area (Å²) in [5.74, 6) is -0.250. The molecule has 26 heavy (non-hydrogen) atoms. The van der Waals surface area contributed by atoms with Crippen LogP contribution in [0.3, 0.4) is 0 Å². The summed E-state index contributed by atoms with van der Waals surface area (Å²) in [7, 11) is 0. The number of aromatic nitrogens is 1. The van der Waals surface area contributed by atoms with Crippen molar-refractivity contribution >= 4 is 51.3 Å². The first kappa shape index (κ1) is 18.5. The normalized spacial score (nSPS) is 10.4. The van der Waals surface area contributed by atoms with E-state index in [-0.39, 0.29) is 11.0 Å². The van der Waals surface area contributed by atoms with E-state index in [0.29, 0.717) is 15.7 Å². The van der Waals surface area contributed by atoms with Gasteiger partial charge in [-0.25, -0.2) is 4.98 Å². The van der Waals surface area contributed by atoms with Crippen LogP contribution in [0.15, 0.2) is 47.8 Å². The monoisotopic (exact) mass is 401 g/mol. The molecular weight excluding hydrogens is 386 g/mol. The number of carbonyl (C=O) groups excluding carboxylic acids is 1. The van der Waals surface area contributed by atoms with Gasteiger partial charge < -0.3 is 5.32 Å². The summed E-state index contributed by atoms with van der Waals surface area (Å²) in [6.45, 7) is 3.97. The number of hydrogen-bond acceptors (Lipinski definition) is 4. The fraction of sp³-hybridized carbons (Fsp3) is 0.105. The quantitative estimate of drug-likeness (QED) is 0.591. The van der Waals surface area contributed by atoms with Crippen LogP contribution in [0, 0.1) is 13.8 Å². The van der Waals surface area contributed by atoms with Gasteiger partial charge in [-0.05, 0) is 61.5 Å². The SMILES string of the molecule is Cc1ccc(C(=O)NC(=S)Nc2nc(-c3ccc(Cl)cc3)cs2)cc1C. The molecule has 0 saturated carbocycles. The van der Waals surface area contributed by atoms with Gasteiger partial charge in [0.05, 0.1) is 5.69 Å². The molecule has 0 aliphatic rings. The lowest BCUT2D eigenvalue weighted by Crippen LogP contribution is -2.34. The highest BCUT2D eigenvalue weighted by atomic mass is 35.5. The zero-order valence-electron chi connectivity index (χ0n) is 14.2. The second-order valence-electron chi connectivity index (χ2n) is 5.75. The Morgan fingerprint density at radius 1 is 1.12 bits per heavy atom. The molecule has 0 bridgehead atoms. The number of benzene rings is 2. The molecule has 0 atom stereocenters. The van der Waals surface area contributed by atoms with Gasteiger partial charge in [-0.1, -0.05) is 29.8 Å². The van der Waals surface area contributed by atoms with Crippen LogP contribution in [-0.2, 0) is 0 Å². The molecule has 7 heteroatoms. The highest BCUT2D eigenvalue weighted by Crippen LogP contribution is 2.25. The fourth-order valence-corrected chi connectivity index (χ4v) is 3.37. The number of rotatable bonds is 3. The van der Waals surface area contributed by atoms with Gasteiger partial charge in [0.2, 0.25) is 0 Å². The molecule has 3 aromatic rings. The van der Waals surface area contributed by atoms with Crippen LogP contribution in [-0.4, -0.2) is 16.0 Å². The number of hydrogen-bond donors (Lipinski definition) is 2. The second kappa shape index (κ2) is 7.95. The summed E-state index contributed by atoms with van der Waals surface area (Å²) in [6.07, 6.45) is 0. The van der Waals surface area contributed by atoms with E-state index in [2.05, 4.69) is 15.6 Å². The number of amides is 1. The molecular formula is C19H16ClN3OS2. The first-order valence-electron chi connectivity index (χ1n) is 7.83. The van der Waals surface area contributed by atoms with Crippen molar-refractivity contribution in [1.29, 1.82) is 0 Å². The molecule has 0 aliphatic carbocycles. The summed E-state index contributed by atoms with van der Waals surface area (Å²) in [5.41, 5.74) is 4.54. The maximum atomic E-state index is 12.3. The third-order valence-corrected chi connectivity index (χ3v) is 5.07. The Hall–Kier alpha value is -2.28. The van der Waals surface area contributed by atoms with Crippen molar-refractivity contribution in [2.75, 3.05) is 5.32 Å². The average molecular weight is 402 g/mol. The summed E-state index contributed by atoms with van der Waals surface area (Å²) in [6, 6.07) is 13.0. The van der Waals surface area contributed by atoms with E-state index in [1.165, 1.54) is 11.3 Å². The van der Waals surface area contributed by atoms with Gasteiger partial charge in [0.1, 0.15) is 0 Å². The molecule has 2 aromatic carbocycles. The molecule has 0 fully saturated rings. The minimum atomic E-state index is -0.250. The molecule has 4 nitrogen and oxygen atoms in total. The van der Waals surface area contributed by atoms with E-state index >= 15 is 0 Å². The number of nitrogens with zero attached hydrogens (tertiary/aromatic N) is 1. The maximum absolute atomic E-state index is 12.3. The predicted octanol–water partition coefficient (Wildman–Crippen LogP) is 5.21. The first-order chi connectivity index (χ1) is 12.4. The smallest absolute Gasteiger partial charge is 0.257 e. The van der Waals surface area contributed by atoms with Crippen LogP contribution in [0.1, 0.15) is 21.5 Å². The van der Waals surface area contributed by atoms with Crippen molar-refractivity contribution in [3.05, 3.63) is 69.6 Å². The topological polar surface area (TPSA) is 54.0 Å². The zero-order valence-corrected chi connectivity index (χ0v) is 16.6. The van der Waals surface area contributed by atoms with Gasteiger partial charge in [0.15, 0.2) is 10.2 Å². The predicted molar refractivity (Wildman–Crippen MR) is 112 cm³/mol. The van der Waals surface area contributed by atoms with Gasteiger partial charge in [-0.2, -0.15) is 0 Å². The second-order valence-corrected chi connectivity index (χ2v) is 7.45. The zero-order chi connectivity index (χ0) is 18.7. The number of anilines is 1. The molecule has 0 saturated heterocycles. The van der Waals surface area contributed by atoms with E-state index in [1.807, 2.05) is 55.6 Å². The number of thiazole rings is 1. The van der Waals surface area contributed by atoms with Crippen molar-refractivity contribution in [1.82, 2.24) is 10.3 Å². The molecule has 1 aromatic heterocycles. The molecule has 132 valence electrons. The molecule has 0 spiro atoms. The van der Waals surface area contributed by atoms with Gasteiger partial charge in [0.25, 0.3) is 5.91 Å². The number of nitrogens with one attached hydrogen (secondary N) is 2. The molecule has 0 radical (unpaired) electrons. The third-order valence-electron chi connectivity index (χ3n) is 3.86. The van der Waals surface area contributed by atoms with Gasteiger partial charge in [-0.3, -0.25) is 10.1 Å². The molecule has 3 rings (SSSR count). The van der Waals surface area contributed by atoms with E-state index in [0.717, 1.165) is 22.4 Å². The molecule has 0 aliphatic heterocycles. The van der Waals surface area contributed by atoms with Gasteiger partial charge in [0, 0.05) is 21.5 Å². The van der Waals surface area contributed by atoms with Gasteiger partial charge in [-0.15, -0.1) is 11.3 Å². The fourth-order valence-electron chi connectivity index (χ4n) is 2.27. The van der Waals surface area contributed by atoms with Crippen LogP contribution in [0.2, 0.25) is 5.02 Å². The number of aryl methyl sites for hydroxylation is 2. The average Bonchev–Trinajstić information content (AvgIpc) is 3.06. The van der Waals surface area contributed by atoms with Crippen molar-refractivity contribution in [3.8, 4) is 11.3 Å². The van der Waals surface area contributed by atoms with E-state index in [4.69, 9.17) is 23.8 Å². The van der Waals surface area contributed by atoms with Crippen LogP contribution >= 0.6 is 35.2 Å². The Bertz CT molecular complexity index is 967. The summed E-state index contributed by atoms with van der Waals surface area (Å²) in [5, 5.41) is 9.05. The lowest BCUT2D eigenvalue weighted by Gasteiger charge is -2.08. The van der Waals surface area contributed by atoms with Crippen molar-refractivity contribution in [2.45, 2.75) is 13.8 Å². The van der Waals surface area contributed by atoms with E-state index in [9.17, 15) is 4.79 Å². The molecule has 2 N–H and O–H groups in total. The minimum Gasteiger partial charge on any atom is -0.308 e. The van der Waals surface area contributed by atoms with Crippen LogP contribution in [0.25, 0.3) is 11.3 Å². The Morgan fingerprint density at radius 2 is 1.85 bits per heavy atom. The largest absolute Gasteiger partial charge is 0.308 e. The first-order valence-corrected chi connectivity index (χ1v) is 9.50. The maximum Gasteiger partial charge on any atom is 0.257 e. The Morgan fingerprint density at radius 3 is 2.54 bits per heavy atom. The van der Waals surface area contributed by atoms with E-state index in [1.54, 1.807) is 6.07 Å². The lowest BCUT2D eigenvalue weighted by atomic mass is 10.1. The Balaban J connectivity index is 1.64. The number of thiocarbonyl (C=S) groups is 1. The van der Waals surface area contributed by atoms with Crippen LogP contribution in [0.5, 0.6) is 0 Å². The van der Waals surface area contributed by atoms with Gasteiger partial charge >= 0.3 is 0 Å².